The average Bonchev–Trinajstić information content (AvgIpc) is 3.37. The second kappa shape index (κ2) is 8.18. The van der Waals surface area contributed by atoms with Crippen LogP contribution in [0.2, 0.25) is 5.02 Å². The molecule has 0 bridgehead atoms. The predicted molar refractivity (Wildman–Crippen MR) is 119 cm³/mol. The zero-order chi connectivity index (χ0) is 22.4. The van der Waals surface area contributed by atoms with Gasteiger partial charge in [0.1, 0.15) is 17.7 Å². The maximum atomic E-state index is 14.9. The van der Waals surface area contributed by atoms with E-state index >= 15 is 0 Å². The van der Waals surface area contributed by atoms with Gasteiger partial charge in [-0.3, -0.25) is 9.48 Å². The molecule has 1 atom stereocenters. The van der Waals surface area contributed by atoms with E-state index in [4.69, 9.17) is 21.3 Å². The molecule has 9 heteroatoms. The average molecular weight is 456 g/mol. The van der Waals surface area contributed by atoms with Crippen LogP contribution in [0.15, 0.2) is 36.7 Å². The summed E-state index contributed by atoms with van der Waals surface area (Å²) >= 11 is 5.97. The van der Waals surface area contributed by atoms with Crippen LogP contribution in [0, 0.1) is 5.82 Å². The maximum Gasteiger partial charge on any atom is 0.254 e. The summed E-state index contributed by atoms with van der Waals surface area (Å²) < 4.78 is 22.6. The highest BCUT2D eigenvalue weighted by Crippen LogP contribution is 2.37. The number of aromatic nitrogens is 3. The molecular formula is C23H23ClFN5O2. The van der Waals surface area contributed by atoms with Gasteiger partial charge in [0.2, 0.25) is 0 Å². The van der Waals surface area contributed by atoms with E-state index < -0.39 is 5.82 Å². The minimum absolute atomic E-state index is 0.0566. The fourth-order valence-electron chi connectivity index (χ4n) is 4.33. The van der Waals surface area contributed by atoms with Crippen molar-refractivity contribution in [2.24, 2.45) is 7.05 Å². The van der Waals surface area contributed by atoms with Crippen LogP contribution in [0.25, 0.3) is 11.3 Å². The lowest BCUT2D eigenvalue weighted by atomic mass is 10.0. The number of benzene rings is 1. The molecule has 2 aromatic heterocycles. The van der Waals surface area contributed by atoms with Gasteiger partial charge in [-0.15, -0.1) is 0 Å². The summed E-state index contributed by atoms with van der Waals surface area (Å²) in [6.07, 6.45) is 3.56. The summed E-state index contributed by atoms with van der Waals surface area (Å²) in [6, 6.07) is 6.37. The van der Waals surface area contributed by atoms with Crippen molar-refractivity contribution in [1.82, 2.24) is 19.7 Å². The maximum absolute atomic E-state index is 14.9. The SMILES string of the molecule is CCN1Cc2c(cc(N3CCO[C@H](c4cnn(C)c4)C3)nc2-c2ccc(Cl)cc2F)C1=O. The second-order valence-electron chi connectivity index (χ2n) is 8.05. The number of hydrogen-bond donors (Lipinski definition) is 0. The van der Waals surface area contributed by atoms with E-state index in [2.05, 4.69) is 10.00 Å². The van der Waals surface area contributed by atoms with Crippen LogP contribution < -0.4 is 4.90 Å². The Morgan fingerprint density at radius 1 is 1.28 bits per heavy atom. The molecule has 5 rings (SSSR count). The first-order valence-electron chi connectivity index (χ1n) is 10.6. The molecule has 0 spiro atoms. The number of halogens is 2. The number of morpholine rings is 1. The first-order valence-corrected chi connectivity index (χ1v) is 11.0. The van der Waals surface area contributed by atoms with E-state index in [1.165, 1.54) is 6.07 Å². The summed E-state index contributed by atoms with van der Waals surface area (Å²) in [5, 5.41) is 4.55. The van der Waals surface area contributed by atoms with Gasteiger partial charge >= 0.3 is 0 Å². The molecule has 166 valence electrons. The largest absolute Gasteiger partial charge is 0.370 e. The van der Waals surface area contributed by atoms with E-state index in [1.54, 1.807) is 27.9 Å². The van der Waals surface area contributed by atoms with Gasteiger partial charge in [0.05, 0.1) is 24.1 Å². The van der Waals surface area contributed by atoms with Crippen LogP contribution in [0.4, 0.5) is 10.2 Å². The van der Waals surface area contributed by atoms with E-state index in [-0.39, 0.29) is 12.0 Å². The van der Waals surface area contributed by atoms with Gasteiger partial charge in [0.25, 0.3) is 5.91 Å². The third-order valence-electron chi connectivity index (χ3n) is 6.03. The van der Waals surface area contributed by atoms with Gasteiger partial charge in [0.15, 0.2) is 0 Å². The molecule has 0 aliphatic carbocycles. The van der Waals surface area contributed by atoms with Crippen molar-refractivity contribution in [1.29, 1.82) is 0 Å². The van der Waals surface area contributed by atoms with E-state index in [0.717, 1.165) is 11.1 Å². The Labute approximate surface area is 190 Å². The second-order valence-corrected chi connectivity index (χ2v) is 8.49. The molecule has 3 aromatic rings. The summed E-state index contributed by atoms with van der Waals surface area (Å²) in [5.74, 6) is 0.123. The Balaban J connectivity index is 1.57. The van der Waals surface area contributed by atoms with E-state index in [9.17, 15) is 9.18 Å². The number of fused-ring (bicyclic) bond motifs is 1. The van der Waals surface area contributed by atoms with E-state index in [0.29, 0.717) is 60.4 Å². The Morgan fingerprint density at radius 3 is 2.84 bits per heavy atom. The van der Waals surface area contributed by atoms with Crippen molar-refractivity contribution in [3.8, 4) is 11.3 Å². The lowest BCUT2D eigenvalue weighted by Crippen LogP contribution is -2.39. The fraction of sp³-hybridized carbons (Fsp3) is 0.348. The molecule has 1 saturated heterocycles. The number of ether oxygens (including phenoxy) is 1. The highest BCUT2D eigenvalue weighted by atomic mass is 35.5. The van der Waals surface area contributed by atoms with Gasteiger partial charge < -0.3 is 14.5 Å². The summed E-state index contributed by atoms with van der Waals surface area (Å²) in [7, 11) is 1.87. The van der Waals surface area contributed by atoms with Gasteiger partial charge in [0, 0.05) is 61.1 Å². The first kappa shape index (κ1) is 20.9. The number of nitrogens with zero attached hydrogens (tertiary/aromatic N) is 5. The number of carbonyl (C=O) groups excluding carboxylic acids is 1. The number of pyridine rings is 1. The van der Waals surface area contributed by atoms with Gasteiger partial charge in [-0.25, -0.2) is 9.37 Å². The highest BCUT2D eigenvalue weighted by molar-refractivity contribution is 6.30. The number of aryl methyl sites for hydroxylation is 1. The molecule has 1 aromatic carbocycles. The minimum atomic E-state index is -0.457. The zero-order valence-electron chi connectivity index (χ0n) is 17.9. The Morgan fingerprint density at radius 2 is 2.12 bits per heavy atom. The first-order chi connectivity index (χ1) is 15.4. The Kier molecular flexibility index (Phi) is 5.35. The monoisotopic (exact) mass is 455 g/mol. The van der Waals surface area contributed by atoms with Crippen molar-refractivity contribution in [3.63, 3.8) is 0 Å². The molecule has 7 nitrogen and oxygen atoms in total. The molecule has 0 saturated carbocycles. The van der Waals surface area contributed by atoms with Gasteiger partial charge in [-0.1, -0.05) is 11.6 Å². The molecule has 0 unspecified atom stereocenters. The topological polar surface area (TPSA) is 63.5 Å². The number of anilines is 1. The van der Waals surface area contributed by atoms with Crippen LogP contribution in [-0.4, -0.2) is 51.8 Å². The molecule has 4 heterocycles. The lowest BCUT2D eigenvalue weighted by Gasteiger charge is -2.33. The molecule has 32 heavy (non-hydrogen) atoms. The van der Waals surface area contributed by atoms with E-state index in [1.807, 2.05) is 26.2 Å². The molecule has 2 aliphatic heterocycles. The fourth-order valence-corrected chi connectivity index (χ4v) is 4.49. The smallest absolute Gasteiger partial charge is 0.254 e. The Bertz CT molecular complexity index is 1200. The third-order valence-corrected chi connectivity index (χ3v) is 6.27. The number of carbonyl (C=O) groups is 1. The van der Waals surface area contributed by atoms with Crippen molar-refractivity contribution >= 4 is 23.3 Å². The van der Waals surface area contributed by atoms with Gasteiger partial charge in [-0.2, -0.15) is 5.10 Å². The molecule has 2 aliphatic rings. The van der Waals surface area contributed by atoms with Crippen LogP contribution in [0.3, 0.4) is 0 Å². The summed E-state index contributed by atoms with van der Waals surface area (Å²) in [4.78, 5) is 21.7. The third kappa shape index (κ3) is 3.63. The van der Waals surface area contributed by atoms with Crippen molar-refractivity contribution < 1.29 is 13.9 Å². The van der Waals surface area contributed by atoms with Crippen molar-refractivity contribution in [2.75, 3.05) is 31.1 Å². The molecule has 1 fully saturated rings. The normalized spacial score (nSPS) is 18.4. The van der Waals surface area contributed by atoms with Gasteiger partial charge in [-0.05, 0) is 31.2 Å². The van der Waals surface area contributed by atoms with Crippen LogP contribution >= 0.6 is 11.6 Å². The van der Waals surface area contributed by atoms with Crippen molar-refractivity contribution in [2.45, 2.75) is 19.6 Å². The number of rotatable bonds is 4. The van der Waals surface area contributed by atoms with Crippen molar-refractivity contribution in [3.05, 3.63) is 64.2 Å². The van der Waals surface area contributed by atoms with Crippen LogP contribution in [0.1, 0.15) is 34.5 Å². The predicted octanol–water partition coefficient (Wildman–Crippen LogP) is 3.83. The summed E-state index contributed by atoms with van der Waals surface area (Å²) in [5.41, 5.74) is 3.13. The molecule has 0 radical (unpaired) electrons. The molecule has 1 amide bonds. The Hall–Kier alpha value is -2.97. The highest BCUT2D eigenvalue weighted by Gasteiger charge is 2.33. The summed E-state index contributed by atoms with van der Waals surface area (Å²) in [6.45, 7) is 4.62. The standard InChI is InChI=1S/C23H23ClFN5O2/c1-3-29-12-18-17(23(29)31)9-21(27-22(18)16-5-4-15(24)8-19(16)25)30-6-7-32-20(13-30)14-10-26-28(2)11-14/h4-5,8-11,20H,3,6-7,12-13H2,1-2H3/t20-/m0/s1. The molecule has 0 N–H and O–H groups in total. The number of hydrogen-bond acceptors (Lipinski definition) is 5. The lowest BCUT2D eigenvalue weighted by molar-refractivity contribution is 0.0395. The van der Waals surface area contributed by atoms with Crippen LogP contribution in [0.5, 0.6) is 0 Å². The minimum Gasteiger partial charge on any atom is -0.370 e. The number of amides is 1. The van der Waals surface area contributed by atoms with Crippen LogP contribution in [-0.2, 0) is 18.3 Å². The quantitative estimate of drug-likeness (QED) is 0.598. The zero-order valence-corrected chi connectivity index (χ0v) is 18.6. The molecular weight excluding hydrogens is 433 g/mol.